The molecule has 0 aliphatic rings. The molecule has 128 valence electrons. The first-order valence-electron chi connectivity index (χ1n) is 7.08. The molecule has 0 radical (unpaired) electrons. The number of carbonyl (C=O) groups is 2. The molecular weight excluding hydrogens is 378 g/mol. The third-order valence-electron chi connectivity index (χ3n) is 2.70. The number of hydrogen-bond donors (Lipinski definition) is 3. The van der Waals surface area contributed by atoms with E-state index in [0.29, 0.717) is 6.61 Å². The van der Waals surface area contributed by atoms with Gasteiger partial charge in [-0.1, -0.05) is 52.3 Å². The molecule has 0 aromatic heterocycles. The van der Waals surface area contributed by atoms with Crippen LogP contribution in [-0.4, -0.2) is 35.3 Å². The van der Waals surface area contributed by atoms with Crippen molar-refractivity contribution in [2.24, 2.45) is 0 Å². The fourth-order valence-corrected chi connectivity index (χ4v) is 2.00. The van der Waals surface area contributed by atoms with Gasteiger partial charge in [0, 0.05) is 17.6 Å². The second-order valence-electron chi connectivity index (χ2n) is 4.58. The number of hydrogen-bond acceptors (Lipinski definition) is 4. The van der Waals surface area contributed by atoms with Gasteiger partial charge in [0.05, 0.1) is 0 Å². The third kappa shape index (κ3) is 8.92. The maximum atomic E-state index is 9.10. The number of carboxylic acids is 2. The SMILES string of the molecule is Brc1cccc(OCCNCc2ccccc2)c1.O=C(O)C(=O)O. The summed E-state index contributed by atoms with van der Waals surface area (Å²) in [6.45, 7) is 2.38. The molecule has 2 aromatic rings. The molecule has 0 heterocycles. The van der Waals surface area contributed by atoms with Crippen molar-refractivity contribution in [1.29, 1.82) is 0 Å². The predicted molar refractivity (Wildman–Crippen MR) is 93.1 cm³/mol. The van der Waals surface area contributed by atoms with Crippen molar-refractivity contribution in [3.05, 3.63) is 64.6 Å². The highest BCUT2D eigenvalue weighted by Gasteiger charge is 2.04. The van der Waals surface area contributed by atoms with E-state index in [0.717, 1.165) is 23.3 Å². The van der Waals surface area contributed by atoms with Gasteiger partial charge in [-0.25, -0.2) is 9.59 Å². The summed E-state index contributed by atoms with van der Waals surface area (Å²) in [6, 6.07) is 18.2. The molecule has 2 aromatic carbocycles. The van der Waals surface area contributed by atoms with E-state index in [9.17, 15) is 0 Å². The normalized spacial score (nSPS) is 9.54. The van der Waals surface area contributed by atoms with Crippen molar-refractivity contribution in [2.45, 2.75) is 6.54 Å². The Morgan fingerprint density at radius 2 is 1.67 bits per heavy atom. The zero-order valence-corrected chi connectivity index (χ0v) is 14.4. The standard InChI is InChI=1S/C15H16BrNO.C2H2O4/c16-14-7-4-8-15(11-14)18-10-9-17-12-13-5-2-1-3-6-13;3-1(4)2(5)6/h1-8,11,17H,9-10,12H2;(H,3,4)(H,5,6). The van der Waals surface area contributed by atoms with E-state index in [1.165, 1.54) is 5.56 Å². The summed E-state index contributed by atoms with van der Waals surface area (Å²) in [5.41, 5.74) is 1.29. The van der Waals surface area contributed by atoms with Gasteiger partial charge >= 0.3 is 11.9 Å². The molecule has 2 rings (SSSR count). The maximum absolute atomic E-state index is 9.10. The number of rotatable bonds is 6. The molecule has 0 aliphatic carbocycles. The van der Waals surface area contributed by atoms with Crippen LogP contribution in [0.25, 0.3) is 0 Å². The molecular formula is C17H18BrNO5. The Balaban J connectivity index is 0.000000413. The molecule has 0 fully saturated rings. The van der Waals surface area contributed by atoms with Crippen LogP contribution in [0.15, 0.2) is 59.1 Å². The topological polar surface area (TPSA) is 95.9 Å². The molecule has 0 unspecified atom stereocenters. The van der Waals surface area contributed by atoms with Gasteiger partial charge in [0.1, 0.15) is 12.4 Å². The Labute approximate surface area is 148 Å². The highest BCUT2D eigenvalue weighted by molar-refractivity contribution is 9.10. The molecule has 0 saturated heterocycles. The van der Waals surface area contributed by atoms with Crippen molar-refractivity contribution in [3.8, 4) is 5.75 Å². The number of ether oxygens (including phenoxy) is 1. The lowest BCUT2D eigenvalue weighted by Gasteiger charge is -2.07. The first-order valence-corrected chi connectivity index (χ1v) is 7.87. The third-order valence-corrected chi connectivity index (χ3v) is 3.19. The van der Waals surface area contributed by atoms with E-state index in [1.807, 2.05) is 30.3 Å². The van der Waals surface area contributed by atoms with Crippen LogP contribution in [0.5, 0.6) is 5.75 Å². The minimum Gasteiger partial charge on any atom is -0.492 e. The lowest BCUT2D eigenvalue weighted by Crippen LogP contribution is -2.20. The van der Waals surface area contributed by atoms with Crippen LogP contribution in [0, 0.1) is 0 Å². The van der Waals surface area contributed by atoms with Crippen LogP contribution in [0.1, 0.15) is 5.56 Å². The second kappa shape index (κ2) is 11.2. The van der Waals surface area contributed by atoms with Crippen molar-refractivity contribution < 1.29 is 24.5 Å². The summed E-state index contributed by atoms with van der Waals surface area (Å²) in [5.74, 6) is -2.75. The molecule has 6 nitrogen and oxygen atoms in total. The fraction of sp³-hybridized carbons (Fsp3) is 0.176. The summed E-state index contributed by atoms with van der Waals surface area (Å²) in [6.07, 6.45) is 0. The van der Waals surface area contributed by atoms with Crippen LogP contribution in [-0.2, 0) is 16.1 Å². The Bertz CT molecular complexity index is 636. The number of aliphatic carboxylic acids is 2. The Hall–Kier alpha value is -2.38. The monoisotopic (exact) mass is 395 g/mol. The van der Waals surface area contributed by atoms with Gasteiger partial charge in [0.25, 0.3) is 0 Å². The molecule has 24 heavy (non-hydrogen) atoms. The molecule has 0 spiro atoms. The highest BCUT2D eigenvalue weighted by atomic mass is 79.9. The molecule has 0 saturated carbocycles. The minimum atomic E-state index is -1.82. The van der Waals surface area contributed by atoms with Gasteiger partial charge in [-0.2, -0.15) is 0 Å². The average Bonchev–Trinajstić information content (AvgIpc) is 2.56. The van der Waals surface area contributed by atoms with Crippen molar-refractivity contribution in [3.63, 3.8) is 0 Å². The van der Waals surface area contributed by atoms with Crippen LogP contribution >= 0.6 is 15.9 Å². The molecule has 7 heteroatoms. The molecule has 0 atom stereocenters. The van der Waals surface area contributed by atoms with Gasteiger partial charge in [-0.05, 0) is 23.8 Å². The average molecular weight is 396 g/mol. The van der Waals surface area contributed by atoms with E-state index in [1.54, 1.807) is 0 Å². The van der Waals surface area contributed by atoms with Gasteiger partial charge < -0.3 is 20.3 Å². The van der Waals surface area contributed by atoms with Gasteiger partial charge in [-0.3, -0.25) is 0 Å². The van der Waals surface area contributed by atoms with Gasteiger partial charge in [0.2, 0.25) is 0 Å². The minimum absolute atomic E-state index is 0.670. The lowest BCUT2D eigenvalue weighted by molar-refractivity contribution is -0.159. The predicted octanol–water partition coefficient (Wildman–Crippen LogP) is 2.77. The summed E-state index contributed by atoms with van der Waals surface area (Å²) in [7, 11) is 0. The van der Waals surface area contributed by atoms with Crippen LogP contribution in [0.4, 0.5) is 0 Å². The van der Waals surface area contributed by atoms with Crippen molar-refractivity contribution in [1.82, 2.24) is 5.32 Å². The maximum Gasteiger partial charge on any atom is 0.414 e. The number of benzene rings is 2. The molecule has 0 aliphatic heterocycles. The van der Waals surface area contributed by atoms with Crippen LogP contribution in [0.3, 0.4) is 0 Å². The Morgan fingerprint density at radius 1 is 1.00 bits per heavy atom. The van der Waals surface area contributed by atoms with E-state index in [-0.39, 0.29) is 0 Å². The first-order chi connectivity index (χ1) is 11.5. The quantitative estimate of drug-likeness (QED) is 0.514. The summed E-state index contributed by atoms with van der Waals surface area (Å²) in [4.78, 5) is 18.2. The van der Waals surface area contributed by atoms with Crippen molar-refractivity contribution in [2.75, 3.05) is 13.2 Å². The Morgan fingerprint density at radius 3 is 2.25 bits per heavy atom. The molecule has 0 amide bonds. The zero-order chi connectivity index (χ0) is 17.8. The first kappa shape index (κ1) is 19.7. The number of nitrogens with one attached hydrogen (secondary N) is 1. The summed E-state index contributed by atoms with van der Waals surface area (Å²) in [5, 5.41) is 18.1. The smallest absolute Gasteiger partial charge is 0.414 e. The van der Waals surface area contributed by atoms with E-state index in [2.05, 4.69) is 45.5 Å². The van der Waals surface area contributed by atoms with E-state index >= 15 is 0 Å². The molecule has 0 bridgehead atoms. The summed E-state index contributed by atoms with van der Waals surface area (Å²) < 4.78 is 6.67. The van der Waals surface area contributed by atoms with Crippen molar-refractivity contribution >= 4 is 27.9 Å². The van der Waals surface area contributed by atoms with E-state index in [4.69, 9.17) is 24.5 Å². The highest BCUT2D eigenvalue weighted by Crippen LogP contribution is 2.17. The second-order valence-corrected chi connectivity index (χ2v) is 5.49. The van der Waals surface area contributed by atoms with E-state index < -0.39 is 11.9 Å². The lowest BCUT2D eigenvalue weighted by atomic mass is 10.2. The number of halogens is 1. The van der Waals surface area contributed by atoms with Crippen LogP contribution in [0.2, 0.25) is 0 Å². The van der Waals surface area contributed by atoms with Gasteiger partial charge in [0.15, 0.2) is 0 Å². The number of carboxylic acid groups (broad SMARTS) is 2. The van der Waals surface area contributed by atoms with Crippen LogP contribution < -0.4 is 10.1 Å². The fourth-order valence-electron chi connectivity index (χ4n) is 1.63. The zero-order valence-electron chi connectivity index (χ0n) is 12.8. The summed E-state index contributed by atoms with van der Waals surface area (Å²) >= 11 is 3.42. The molecule has 3 N–H and O–H groups in total. The Kier molecular flexibility index (Phi) is 9.18. The van der Waals surface area contributed by atoms with Gasteiger partial charge in [-0.15, -0.1) is 0 Å². The largest absolute Gasteiger partial charge is 0.492 e.